The smallest absolute Gasteiger partial charge is 0.277 e. The fourth-order valence-electron chi connectivity index (χ4n) is 3.08. The number of halogens is 2. The zero-order valence-electron chi connectivity index (χ0n) is 14.3. The van der Waals surface area contributed by atoms with Crippen LogP contribution in [0.4, 0.5) is 5.69 Å². The Morgan fingerprint density at radius 2 is 1.88 bits per heavy atom. The Balaban J connectivity index is 0.00000264. The van der Waals surface area contributed by atoms with Gasteiger partial charge in [0.2, 0.25) is 0 Å². The highest BCUT2D eigenvalue weighted by atomic mass is 35.5. The number of benzene rings is 1. The van der Waals surface area contributed by atoms with E-state index in [0.717, 1.165) is 32.6 Å². The summed E-state index contributed by atoms with van der Waals surface area (Å²) in [6, 6.07) is 3.00. The summed E-state index contributed by atoms with van der Waals surface area (Å²) in [6.07, 6.45) is 0.790. The summed E-state index contributed by atoms with van der Waals surface area (Å²) in [4.78, 5) is 13.3. The average molecular weight is 380 g/mol. The molecule has 0 saturated carbocycles. The number of aromatic hydroxyl groups is 1. The normalized spacial score (nSPS) is 16.2. The minimum Gasteiger partial charge on any atom is -0.507 e. The van der Waals surface area contributed by atoms with E-state index in [2.05, 4.69) is 24.1 Å². The van der Waals surface area contributed by atoms with Crippen molar-refractivity contribution in [2.75, 3.05) is 26.2 Å². The Kier molecular flexibility index (Phi) is 9.58. The van der Waals surface area contributed by atoms with Gasteiger partial charge in [0.25, 0.3) is 5.69 Å². The molecule has 6 nitrogen and oxygen atoms in total. The Morgan fingerprint density at radius 3 is 2.38 bits per heavy atom. The minimum absolute atomic E-state index is 0. The number of nitro groups is 1. The molecule has 0 aromatic heterocycles. The average Bonchev–Trinajstić information content (AvgIpc) is 2.48. The van der Waals surface area contributed by atoms with Gasteiger partial charge in [0.05, 0.1) is 10.5 Å². The predicted octanol–water partition coefficient (Wildman–Crippen LogP) is 3.44. The molecule has 1 aromatic carbocycles. The van der Waals surface area contributed by atoms with Crippen LogP contribution in [0.3, 0.4) is 0 Å². The van der Waals surface area contributed by atoms with E-state index in [4.69, 9.17) is 0 Å². The van der Waals surface area contributed by atoms with Crippen LogP contribution in [-0.2, 0) is 0 Å². The molecule has 0 radical (unpaired) electrons. The third kappa shape index (κ3) is 5.21. The number of hydrogen-bond donors (Lipinski definition) is 2. The number of hydrogen-bond acceptors (Lipinski definition) is 5. The van der Waals surface area contributed by atoms with Crippen molar-refractivity contribution in [1.29, 1.82) is 0 Å². The Labute approximate surface area is 155 Å². The van der Waals surface area contributed by atoms with E-state index >= 15 is 0 Å². The summed E-state index contributed by atoms with van der Waals surface area (Å²) >= 11 is 0. The fraction of sp³-hybridized carbons (Fsp3) is 0.625. The molecular formula is C16H27Cl2N3O3. The van der Waals surface area contributed by atoms with Crippen LogP contribution < -0.4 is 5.32 Å². The van der Waals surface area contributed by atoms with Gasteiger partial charge < -0.3 is 10.4 Å². The largest absolute Gasteiger partial charge is 0.507 e. The number of aryl methyl sites for hydroxylation is 1. The van der Waals surface area contributed by atoms with Gasteiger partial charge in [-0.3, -0.25) is 15.0 Å². The third-order valence-corrected chi connectivity index (χ3v) is 4.21. The summed E-state index contributed by atoms with van der Waals surface area (Å²) in [5.41, 5.74) is 1.18. The molecule has 8 heteroatoms. The van der Waals surface area contributed by atoms with Crippen LogP contribution in [0.15, 0.2) is 12.1 Å². The molecular weight excluding hydrogens is 353 g/mol. The van der Waals surface area contributed by atoms with Crippen LogP contribution in [0.1, 0.15) is 37.4 Å². The highest BCUT2D eigenvalue weighted by Gasteiger charge is 2.32. The van der Waals surface area contributed by atoms with Crippen molar-refractivity contribution in [3.8, 4) is 5.75 Å². The van der Waals surface area contributed by atoms with Crippen molar-refractivity contribution >= 4 is 30.5 Å². The summed E-state index contributed by atoms with van der Waals surface area (Å²) in [6.45, 7) is 9.41. The molecule has 1 fully saturated rings. The predicted molar refractivity (Wildman–Crippen MR) is 101 cm³/mol. The number of nitro benzene ring substituents is 1. The van der Waals surface area contributed by atoms with Crippen LogP contribution in [0.2, 0.25) is 0 Å². The van der Waals surface area contributed by atoms with Gasteiger partial charge in [0.15, 0.2) is 0 Å². The van der Waals surface area contributed by atoms with Crippen LogP contribution in [-0.4, -0.2) is 41.1 Å². The van der Waals surface area contributed by atoms with Crippen molar-refractivity contribution in [3.05, 3.63) is 33.4 Å². The second kappa shape index (κ2) is 10.0. The molecule has 0 spiro atoms. The van der Waals surface area contributed by atoms with Gasteiger partial charge in [-0.2, -0.15) is 0 Å². The van der Waals surface area contributed by atoms with Gasteiger partial charge in [-0.1, -0.05) is 13.8 Å². The van der Waals surface area contributed by atoms with Crippen molar-refractivity contribution in [2.24, 2.45) is 5.92 Å². The molecule has 0 aliphatic carbocycles. The quantitative estimate of drug-likeness (QED) is 0.604. The molecule has 24 heavy (non-hydrogen) atoms. The first-order chi connectivity index (χ1) is 10.4. The van der Waals surface area contributed by atoms with Gasteiger partial charge in [-0.15, -0.1) is 24.8 Å². The Morgan fingerprint density at radius 1 is 1.29 bits per heavy atom. The van der Waals surface area contributed by atoms with E-state index in [1.165, 1.54) is 6.07 Å². The maximum atomic E-state index is 11.4. The number of piperazine rings is 1. The zero-order chi connectivity index (χ0) is 16.3. The first kappa shape index (κ1) is 22.9. The molecule has 2 rings (SSSR count). The second-order valence-electron chi connectivity index (χ2n) is 6.35. The number of phenols is 1. The first-order valence-corrected chi connectivity index (χ1v) is 7.83. The highest BCUT2D eigenvalue weighted by molar-refractivity contribution is 5.85. The zero-order valence-corrected chi connectivity index (χ0v) is 16.0. The third-order valence-electron chi connectivity index (χ3n) is 4.21. The second-order valence-corrected chi connectivity index (χ2v) is 6.35. The number of nitrogens with zero attached hydrogens (tertiary/aromatic N) is 2. The summed E-state index contributed by atoms with van der Waals surface area (Å²) in [5, 5.41) is 25.2. The van der Waals surface area contributed by atoms with Crippen LogP contribution >= 0.6 is 24.8 Å². The van der Waals surface area contributed by atoms with Crippen molar-refractivity contribution in [3.63, 3.8) is 0 Å². The van der Waals surface area contributed by atoms with Gasteiger partial charge in [-0.25, -0.2) is 0 Å². The van der Waals surface area contributed by atoms with Crippen molar-refractivity contribution in [1.82, 2.24) is 10.2 Å². The lowest BCUT2D eigenvalue weighted by Gasteiger charge is -2.36. The molecule has 1 aliphatic rings. The van der Waals surface area contributed by atoms with Crippen LogP contribution in [0.5, 0.6) is 5.75 Å². The minimum atomic E-state index is -0.385. The van der Waals surface area contributed by atoms with Crippen LogP contribution in [0.25, 0.3) is 0 Å². The fourth-order valence-corrected chi connectivity index (χ4v) is 3.08. The summed E-state index contributed by atoms with van der Waals surface area (Å²) in [7, 11) is 0. The summed E-state index contributed by atoms with van der Waals surface area (Å²) in [5.74, 6) is 0.456. The first-order valence-electron chi connectivity index (χ1n) is 7.83. The highest BCUT2D eigenvalue weighted by Crippen LogP contribution is 2.41. The standard InChI is InChI=1S/C16H25N3O3.2ClH/c1-11(2)10-14(18-8-6-17-7-9-18)15-13(19(21)22)5-4-12(3)16(15)20;;/h4-5,11,14,17,20H,6-10H2,1-3H3;2*1H/t14-;;/m1../s1. The lowest BCUT2D eigenvalue weighted by molar-refractivity contribution is -0.386. The van der Waals surface area contributed by atoms with E-state index in [1.54, 1.807) is 13.0 Å². The molecule has 2 N–H and O–H groups in total. The molecule has 138 valence electrons. The van der Waals surface area contributed by atoms with Gasteiger partial charge >= 0.3 is 0 Å². The van der Waals surface area contributed by atoms with E-state index in [9.17, 15) is 15.2 Å². The maximum absolute atomic E-state index is 11.4. The SMILES string of the molecule is Cc1ccc([N+](=O)[O-])c([C@@H](CC(C)C)N2CCNCC2)c1O.Cl.Cl. The molecule has 1 aromatic rings. The summed E-state index contributed by atoms with van der Waals surface area (Å²) < 4.78 is 0. The van der Waals surface area contributed by atoms with E-state index in [1.807, 2.05) is 0 Å². The lowest BCUT2D eigenvalue weighted by atomic mass is 9.91. The van der Waals surface area contributed by atoms with E-state index in [0.29, 0.717) is 17.0 Å². The number of phenolic OH excluding ortho intramolecular Hbond substituents is 1. The van der Waals surface area contributed by atoms with Crippen molar-refractivity contribution < 1.29 is 10.0 Å². The Bertz CT molecular complexity index is 550. The monoisotopic (exact) mass is 379 g/mol. The molecule has 1 saturated heterocycles. The van der Waals surface area contributed by atoms with Gasteiger partial charge in [-0.05, 0) is 30.9 Å². The van der Waals surface area contributed by atoms with Gasteiger partial charge in [0, 0.05) is 38.3 Å². The topological polar surface area (TPSA) is 78.6 Å². The molecule has 1 heterocycles. The number of nitrogens with one attached hydrogen (secondary N) is 1. The molecule has 1 aliphatic heterocycles. The van der Waals surface area contributed by atoms with Crippen LogP contribution in [0, 0.1) is 23.0 Å². The number of rotatable bonds is 5. The molecule has 0 amide bonds. The maximum Gasteiger partial charge on any atom is 0.277 e. The van der Waals surface area contributed by atoms with E-state index < -0.39 is 0 Å². The molecule has 0 unspecified atom stereocenters. The van der Waals surface area contributed by atoms with Gasteiger partial charge in [0.1, 0.15) is 5.75 Å². The molecule has 1 atom stereocenters. The van der Waals surface area contributed by atoms with Crippen molar-refractivity contribution in [2.45, 2.75) is 33.2 Å². The van der Waals surface area contributed by atoms with E-state index in [-0.39, 0.29) is 47.2 Å². The lowest BCUT2D eigenvalue weighted by Crippen LogP contribution is -2.45. The molecule has 0 bridgehead atoms. The Hall–Kier alpha value is -1.08.